The number of hydrogen-bond acceptors (Lipinski definition) is 3. The van der Waals surface area contributed by atoms with E-state index in [0.717, 1.165) is 22.6 Å². The fraction of sp³-hybridized carbons (Fsp3) is 0.360. The number of anilines is 1. The molecular formula is C25H31NO3S. The Balaban J connectivity index is 1.93. The molecular weight excluding hydrogens is 394 g/mol. The normalized spacial score (nSPS) is 11.0. The minimum atomic E-state index is -0.786. The highest BCUT2D eigenvalue weighted by atomic mass is 32.2. The SMILES string of the molecule is CCCCCc1ccc(/C=C/C(=O)Nc2ccccc2SCCCC(=O)O)cc1C. The van der Waals surface area contributed by atoms with Crippen molar-refractivity contribution in [1.82, 2.24) is 0 Å². The largest absolute Gasteiger partial charge is 0.481 e. The lowest BCUT2D eigenvalue weighted by atomic mass is 10.00. The molecule has 0 saturated carbocycles. The van der Waals surface area contributed by atoms with E-state index in [2.05, 4.69) is 37.4 Å². The number of carbonyl (C=O) groups is 2. The van der Waals surface area contributed by atoms with Gasteiger partial charge in [0.25, 0.3) is 0 Å². The van der Waals surface area contributed by atoms with Gasteiger partial charge in [0.15, 0.2) is 0 Å². The van der Waals surface area contributed by atoms with Crippen molar-refractivity contribution >= 4 is 35.4 Å². The molecule has 5 heteroatoms. The number of rotatable bonds is 12. The topological polar surface area (TPSA) is 66.4 Å². The number of unbranched alkanes of at least 4 members (excludes halogenated alkanes) is 2. The Bertz CT molecular complexity index is 876. The molecule has 0 radical (unpaired) electrons. The zero-order valence-corrected chi connectivity index (χ0v) is 18.6. The van der Waals surface area contributed by atoms with Gasteiger partial charge in [-0.25, -0.2) is 0 Å². The van der Waals surface area contributed by atoms with E-state index in [1.165, 1.54) is 30.4 Å². The summed E-state index contributed by atoms with van der Waals surface area (Å²) in [6, 6.07) is 13.9. The Morgan fingerprint density at radius 1 is 1.10 bits per heavy atom. The minimum Gasteiger partial charge on any atom is -0.481 e. The highest BCUT2D eigenvalue weighted by molar-refractivity contribution is 7.99. The highest BCUT2D eigenvalue weighted by Crippen LogP contribution is 2.27. The van der Waals surface area contributed by atoms with Crippen LogP contribution in [0.2, 0.25) is 0 Å². The van der Waals surface area contributed by atoms with Crippen molar-refractivity contribution in [3.8, 4) is 0 Å². The molecule has 0 heterocycles. The average Bonchev–Trinajstić information content (AvgIpc) is 2.72. The number of thioether (sulfide) groups is 1. The van der Waals surface area contributed by atoms with Crippen LogP contribution in [0, 0.1) is 6.92 Å². The van der Waals surface area contributed by atoms with Crippen LogP contribution in [-0.4, -0.2) is 22.7 Å². The van der Waals surface area contributed by atoms with Crippen molar-refractivity contribution in [2.75, 3.05) is 11.1 Å². The van der Waals surface area contributed by atoms with Crippen molar-refractivity contribution in [1.29, 1.82) is 0 Å². The van der Waals surface area contributed by atoms with E-state index in [-0.39, 0.29) is 12.3 Å². The summed E-state index contributed by atoms with van der Waals surface area (Å²) >= 11 is 1.55. The zero-order valence-electron chi connectivity index (χ0n) is 17.8. The average molecular weight is 426 g/mol. The first-order chi connectivity index (χ1) is 14.5. The van der Waals surface area contributed by atoms with Gasteiger partial charge in [0, 0.05) is 17.4 Å². The zero-order chi connectivity index (χ0) is 21.8. The molecule has 0 fully saturated rings. The molecule has 30 heavy (non-hydrogen) atoms. The maximum atomic E-state index is 12.4. The van der Waals surface area contributed by atoms with Crippen LogP contribution in [0.5, 0.6) is 0 Å². The molecule has 160 valence electrons. The number of carboxylic acids is 1. The summed E-state index contributed by atoms with van der Waals surface area (Å²) < 4.78 is 0. The smallest absolute Gasteiger partial charge is 0.303 e. The summed E-state index contributed by atoms with van der Waals surface area (Å²) in [7, 11) is 0. The molecule has 0 aliphatic rings. The van der Waals surface area contributed by atoms with Crippen molar-refractivity contribution in [3.05, 3.63) is 65.2 Å². The van der Waals surface area contributed by atoms with Crippen molar-refractivity contribution < 1.29 is 14.7 Å². The molecule has 2 aromatic carbocycles. The molecule has 2 aromatic rings. The molecule has 0 spiro atoms. The molecule has 0 saturated heterocycles. The van der Waals surface area contributed by atoms with Crippen LogP contribution in [0.3, 0.4) is 0 Å². The Hall–Kier alpha value is -2.53. The van der Waals surface area contributed by atoms with Gasteiger partial charge in [0.2, 0.25) is 5.91 Å². The standard InChI is InChI=1S/C25H31NO3S/c1-3-4-5-9-21-15-13-20(18-19(21)2)14-16-24(27)26-22-10-6-7-11-23(22)30-17-8-12-25(28)29/h6-7,10-11,13-16,18H,3-5,8-9,12,17H2,1-2H3,(H,26,27)(H,28,29)/b16-14+. The summed E-state index contributed by atoms with van der Waals surface area (Å²) in [6.07, 6.45) is 8.92. The number of hydrogen-bond donors (Lipinski definition) is 2. The van der Waals surface area contributed by atoms with Gasteiger partial charge in [0.05, 0.1) is 5.69 Å². The fourth-order valence-corrected chi connectivity index (χ4v) is 4.07. The number of carbonyl (C=O) groups excluding carboxylic acids is 1. The van der Waals surface area contributed by atoms with Crippen LogP contribution in [0.1, 0.15) is 55.7 Å². The molecule has 0 atom stereocenters. The number of benzene rings is 2. The van der Waals surface area contributed by atoms with Crippen LogP contribution in [0.15, 0.2) is 53.4 Å². The molecule has 2 N–H and O–H groups in total. The first-order valence-electron chi connectivity index (χ1n) is 10.5. The van der Waals surface area contributed by atoms with Crippen molar-refractivity contribution in [3.63, 3.8) is 0 Å². The molecule has 4 nitrogen and oxygen atoms in total. The van der Waals surface area contributed by atoms with Crippen LogP contribution in [0.4, 0.5) is 5.69 Å². The van der Waals surface area contributed by atoms with Gasteiger partial charge in [-0.1, -0.05) is 50.1 Å². The lowest BCUT2D eigenvalue weighted by Gasteiger charge is -2.09. The summed E-state index contributed by atoms with van der Waals surface area (Å²) in [5.74, 6) is -0.274. The monoisotopic (exact) mass is 425 g/mol. The first kappa shape index (κ1) is 23.7. The van der Waals surface area contributed by atoms with E-state index in [1.807, 2.05) is 30.3 Å². The number of amides is 1. The lowest BCUT2D eigenvalue weighted by molar-refractivity contribution is -0.137. The second kappa shape index (κ2) is 12.9. The number of aliphatic carboxylic acids is 1. The number of para-hydroxylation sites is 1. The number of aryl methyl sites for hydroxylation is 2. The summed E-state index contributed by atoms with van der Waals surface area (Å²) in [5, 5.41) is 11.7. The van der Waals surface area contributed by atoms with Gasteiger partial charge < -0.3 is 10.4 Å². The van der Waals surface area contributed by atoms with Crippen molar-refractivity contribution in [2.45, 2.75) is 57.3 Å². The van der Waals surface area contributed by atoms with E-state index in [1.54, 1.807) is 17.8 Å². The summed E-state index contributed by atoms with van der Waals surface area (Å²) in [6.45, 7) is 4.33. The highest BCUT2D eigenvalue weighted by Gasteiger charge is 2.06. The predicted octanol–water partition coefficient (Wildman–Crippen LogP) is 6.34. The van der Waals surface area contributed by atoms with E-state index < -0.39 is 5.97 Å². The van der Waals surface area contributed by atoms with Gasteiger partial charge in [-0.05, 0) is 66.8 Å². The van der Waals surface area contributed by atoms with Gasteiger partial charge >= 0.3 is 5.97 Å². The number of nitrogens with one attached hydrogen (secondary N) is 1. The molecule has 0 aliphatic heterocycles. The molecule has 0 aliphatic carbocycles. The number of carboxylic acid groups (broad SMARTS) is 1. The van der Waals surface area contributed by atoms with Crippen LogP contribution < -0.4 is 5.32 Å². The predicted molar refractivity (Wildman–Crippen MR) is 126 cm³/mol. The molecule has 1 amide bonds. The second-order valence-electron chi connectivity index (χ2n) is 7.31. The van der Waals surface area contributed by atoms with Crippen LogP contribution >= 0.6 is 11.8 Å². The molecule has 2 rings (SSSR count). The van der Waals surface area contributed by atoms with Gasteiger partial charge in [-0.2, -0.15) is 0 Å². The second-order valence-corrected chi connectivity index (χ2v) is 8.44. The van der Waals surface area contributed by atoms with Gasteiger partial charge in [0.1, 0.15) is 0 Å². The quantitative estimate of drug-likeness (QED) is 0.237. The van der Waals surface area contributed by atoms with E-state index in [4.69, 9.17) is 5.11 Å². The maximum absolute atomic E-state index is 12.4. The summed E-state index contributed by atoms with van der Waals surface area (Å²) in [5.41, 5.74) is 4.39. The van der Waals surface area contributed by atoms with Gasteiger partial charge in [-0.15, -0.1) is 11.8 Å². The third-order valence-electron chi connectivity index (χ3n) is 4.78. The molecule has 0 unspecified atom stereocenters. The fourth-order valence-electron chi connectivity index (χ4n) is 3.12. The Kier molecular flexibility index (Phi) is 10.2. The van der Waals surface area contributed by atoms with E-state index >= 15 is 0 Å². The molecule has 0 aromatic heterocycles. The van der Waals surface area contributed by atoms with Gasteiger partial charge in [-0.3, -0.25) is 9.59 Å². The summed E-state index contributed by atoms with van der Waals surface area (Å²) in [4.78, 5) is 24.0. The van der Waals surface area contributed by atoms with Crippen LogP contribution in [-0.2, 0) is 16.0 Å². The lowest BCUT2D eigenvalue weighted by Crippen LogP contribution is -2.08. The van der Waals surface area contributed by atoms with E-state index in [9.17, 15) is 9.59 Å². The first-order valence-corrected chi connectivity index (χ1v) is 11.5. The maximum Gasteiger partial charge on any atom is 0.303 e. The third kappa shape index (κ3) is 8.46. The van der Waals surface area contributed by atoms with E-state index in [0.29, 0.717) is 12.2 Å². The Morgan fingerprint density at radius 2 is 1.90 bits per heavy atom. The molecule has 0 bridgehead atoms. The van der Waals surface area contributed by atoms with Crippen LogP contribution in [0.25, 0.3) is 6.08 Å². The van der Waals surface area contributed by atoms with Crippen molar-refractivity contribution in [2.24, 2.45) is 0 Å². The minimum absolute atomic E-state index is 0.154. The third-order valence-corrected chi connectivity index (χ3v) is 5.94. The Labute approximate surface area is 183 Å². The Morgan fingerprint density at radius 3 is 2.63 bits per heavy atom.